The molecular weight excluding hydrogens is 210 g/mol. The molecule has 6 heteroatoms. The van der Waals surface area contributed by atoms with Crippen LogP contribution in [0, 0.1) is 11.8 Å². The van der Waals surface area contributed by atoms with Crippen LogP contribution in [0.5, 0.6) is 0 Å². The highest BCUT2D eigenvalue weighted by Crippen LogP contribution is 2.63. The van der Waals surface area contributed by atoms with Crippen LogP contribution in [0.25, 0.3) is 0 Å². The second-order valence-corrected chi connectivity index (χ2v) is 3.67. The third-order valence-corrected chi connectivity index (χ3v) is 2.96. The summed E-state index contributed by atoms with van der Waals surface area (Å²) in [7, 11) is 0. The Bertz CT molecular complexity index is 291. The van der Waals surface area contributed by atoms with E-state index in [1.807, 2.05) is 0 Å². The Morgan fingerprint density at radius 2 is 1.50 bits per heavy atom. The molecule has 0 heterocycles. The molecule has 80 valence electrons. The number of fused-ring (bicyclic) bond motifs is 2. The van der Waals surface area contributed by atoms with Gasteiger partial charge in [-0.15, -0.1) is 0 Å². The zero-order valence-corrected chi connectivity index (χ0v) is 6.78. The van der Waals surface area contributed by atoms with Gasteiger partial charge in [-0.25, -0.2) is 13.2 Å². The molecule has 0 aliphatic heterocycles. The van der Waals surface area contributed by atoms with Gasteiger partial charge in [-0.2, -0.15) is 13.2 Å². The molecule has 0 radical (unpaired) electrons. The van der Waals surface area contributed by atoms with Gasteiger partial charge >= 0.3 is 6.18 Å². The van der Waals surface area contributed by atoms with Crippen LogP contribution in [0.1, 0.15) is 6.42 Å². The van der Waals surface area contributed by atoms with Crippen molar-refractivity contribution in [1.29, 1.82) is 0 Å². The summed E-state index contributed by atoms with van der Waals surface area (Å²) in [5, 5.41) is 0. The Kier molecular flexibility index (Phi) is 1.60. The van der Waals surface area contributed by atoms with Crippen LogP contribution < -0.4 is 0 Å². The third kappa shape index (κ3) is 0.821. The number of hydrogen-bond acceptors (Lipinski definition) is 0. The maximum atomic E-state index is 13.4. The van der Waals surface area contributed by atoms with Crippen molar-refractivity contribution >= 4 is 0 Å². The first-order valence-electron chi connectivity index (χ1n) is 4.03. The predicted molar refractivity (Wildman–Crippen MR) is 35.6 cm³/mol. The van der Waals surface area contributed by atoms with Gasteiger partial charge in [0.05, 0.1) is 0 Å². The molecule has 0 N–H and O–H groups in total. The number of halogens is 6. The van der Waals surface area contributed by atoms with Crippen molar-refractivity contribution in [2.24, 2.45) is 11.8 Å². The van der Waals surface area contributed by atoms with Crippen molar-refractivity contribution in [1.82, 2.24) is 0 Å². The second kappa shape index (κ2) is 2.28. The molecule has 0 unspecified atom stereocenters. The summed E-state index contributed by atoms with van der Waals surface area (Å²) in [4.78, 5) is 0. The Labute approximate surface area is 75.6 Å². The fourth-order valence-electron chi connectivity index (χ4n) is 2.18. The quantitative estimate of drug-likeness (QED) is 0.431. The van der Waals surface area contributed by atoms with E-state index in [4.69, 9.17) is 0 Å². The summed E-state index contributed by atoms with van der Waals surface area (Å²) in [6.07, 6.45) is -4.10. The lowest BCUT2D eigenvalue weighted by atomic mass is 9.86. The van der Waals surface area contributed by atoms with Crippen LogP contribution in [0.2, 0.25) is 0 Å². The molecule has 0 amide bonds. The van der Waals surface area contributed by atoms with Gasteiger partial charge in [0.2, 0.25) is 0 Å². The molecule has 2 bridgehead atoms. The van der Waals surface area contributed by atoms with Crippen molar-refractivity contribution in [2.45, 2.75) is 24.2 Å². The van der Waals surface area contributed by atoms with E-state index in [-0.39, 0.29) is 0 Å². The van der Waals surface area contributed by atoms with E-state index in [9.17, 15) is 26.3 Å². The zero-order chi connectivity index (χ0) is 10.8. The van der Waals surface area contributed by atoms with Crippen molar-refractivity contribution in [3.8, 4) is 0 Å². The lowest BCUT2D eigenvalue weighted by molar-refractivity contribution is -0.305. The molecule has 3 atom stereocenters. The molecule has 2 aliphatic carbocycles. The molecule has 0 aromatic rings. The van der Waals surface area contributed by atoms with Crippen LogP contribution in [-0.2, 0) is 0 Å². The van der Waals surface area contributed by atoms with Crippen LogP contribution in [-0.4, -0.2) is 17.8 Å². The van der Waals surface area contributed by atoms with E-state index in [0.29, 0.717) is 0 Å². The average Bonchev–Trinajstić information content (AvgIpc) is 2.52. The smallest absolute Gasteiger partial charge is 0.226 e. The van der Waals surface area contributed by atoms with Gasteiger partial charge in [0, 0.05) is 11.8 Å². The highest BCUT2D eigenvalue weighted by Gasteiger charge is 2.80. The number of allylic oxidation sites excluding steroid dienone is 2. The maximum Gasteiger partial charge on any atom is 0.429 e. The van der Waals surface area contributed by atoms with Gasteiger partial charge in [-0.05, 0) is 6.42 Å². The number of rotatable bonds is 0. The summed E-state index contributed by atoms with van der Waals surface area (Å²) in [6, 6.07) is 0. The highest BCUT2D eigenvalue weighted by atomic mass is 19.4. The molecule has 2 aliphatic rings. The van der Waals surface area contributed by atoms with Crippen LogP contribution in [0.4, 0.5) is 26.3 Å². The van der Waals surface area contributed by atoms with Crippen molar-refractivity contribution < 1.29 is 26.3 Å². The van der Waals surface area contributed by atoms with Gasteiger partial charge in [-0.3, -0.25) is 0 Å². The molecule has 1 saturated carbocycles. The lowest BCUT2D eigenvalue weighted by Crippen LogP contribution is -2.57. The first kappa shape index (κ1) is 9.86. The second-order valence-electron chi connectivity index (χ2n) is 3.67. The van der Waals surface area contributed by atoms with E-state index in [0.717, 1.165) is 12.2 Å². The minimum absolute atomic E-state index is 0.455. The Morgan fingerprint density at radius 1 is 1.00 bits per heavy atom. The molecular formula is C8H6F6. The van der Waals surface area contributed by atoms with Crippen LogP contribution in [0.15, 0.2) is 12.2 Å². The van der Waals surface area contributed by atoms with E-state index in [2.05, 4.69) is 0 Å². The minimum Gasteiger partial charge on any atom is -0.226 e. The van der Waals surface area contributed by atoms with Gasteiger partial charge < -0.3 is 0 Å². The predicted octanol–water partition coefficient (Wildman–Crippen LogP) is 3.10. The van der Waals surface area contributed by atoms with Crippen molar-refractivity contribution in [3.05, 3.63) is 12.2 Å². The monoisotopic (exact) mass is 216 g/mol. The fraction of sp³-hybridized carbons (Fsp3) is 0.750. The van der Waals surface area contributed by atoms with E-state index in [1.54, 1.807) is 0 Å². The maximum absolute atomic E-state index is 13.4. The average molecular weight is 216 g/mol. The molecule has 0 spiro atoms. The SMILES string of the molecule is FC(F)(F)[C@@]1(F)[C@H]2C=C[C@@H](C2)C1(F)F. The van der Waals surface area contributed by atoms with Crippen molar-refractivity contribution in [3.63, 3.8) is 0 Å². The third-order valence-electron chi connectivity index (χ3n) is 2.96. The fourth-order valence-corrected chi connectivity index (χ4v) is 2.18. The van der Waals surface area contributed by atoms with Gasteiger partial charge in [-0.1, -0.05) is 12.2 Å². The molecule has 0 nitrogen and oxygen atoms in total. The molecule has 0 saturated heterocycles. The molecule has 0 aromatic carbocycles. The minimum atomic E-state index is -5.51. The topological polar surface area (TPSA) is 0 Å². The number of hydrogen-bond donors (Lipinski definition) is 0. The molecule has 2 rings (SSSR count). The first-order chi connectivity index (χ1) is 6.21. The number of alkyl halides is 6. The summed E-state index contributed by atoms with van der Waals surface area (Å²) in [5.74, 6) is -7.67. The Hall–Kier alpha value is -0.680. The van der Waals surface area contributed by atoms with E-state index in [1.165, 1.54) is 0 Å². The van der Waals surface area contributed by atoms with Crippen LogP contribution in [0.3, 0.4) is 0 Å². The summed E-state index contributed by atoms with van der Waals surface area (Å²) in [6.45, 7) is 0. The normalized spacial score (nSPS) is 44.7. The van der Waals surface area contributed by atoms with Gasteiger partial charge in [0.15, 0.2) is 0 Å². The summed E-state index contributed by atoms with van der Waals surface area (Å²) in [5.41, 5.74) is -4.38. The highest BCUT2D eigenvalue weighted by molar-refractivity contribution is 5.27. The summed E-state index contributed by atoms with van der Waals surface area (Å²) >= 11 is 0. The molecule has 1 fully saturated rings. The standard InChI is InChI=1S/C8H6F6/c9-6(8(12,13)14)4-1-2-5(3-4)7(6,10)11/h1-2,4-5H,3H2/t4-,5-,6+/m0/s1. The summed E-state index contributed by atoms with van der Waals surface area (Å²) < 4.78 is 76.1. The Balaban J connectivity index is 2.50. The lowest BCUT2D eigenvalue weighted by Gasteiger charge is -2.35. The van der Waals surface area contributed by atoms with Crippen molar-refractivity contribution in [2.75, 3.05) is 0 Å². The van der Waals surface area contributed by atoms with Gasteiger partial charge in [0.1, 0.15) is 0 Å². The molecule has 14 heavy (non-hydrogen) atoms. The molecule has 0 aromatic heterocycles. The Morgan fingerprint density at radius 3 is 1.79 bits per heavy atom. The first-order valence-corrected chi connectivity index (χ1v) is 4.03. The van der Waals surface area contributed by atoms with Crippen LogP contribution >= 0.6 is 0 Å². The zero-order valence-electron chi connectivity index (χ0n) is 6.78. The van der Waals surface area contributed by atoms with Gasteiger partial charge in [0.25, 0.3) is 11.6 Å². The van der Waals surface area contributed by atoms with E-state index >= 15 is 0 Å². The van der Waals surface area contributed by atoms with E-state index < -0.39 is 36.0 Å². The largest absolute Gasteiger partial charge is 0.429 e.